The van der Waals surface area contributed by atoms with E-state index >= 15 is 0 Å². The van der Waals surface area contributed by atoms with Crippen LogP contribution in [0.4, 0.5) is 15.8 Å². The zero-order valence-corrected chi connectivity index (χ0v) is 17.0. The summed E-state index contributed by atoms with van der Waals surface area (Å²) < 4.78 is 23.8. The topological polar surface area (TPSA) is 84.9 Å². The van der Waals surface area contributed by atoms with Crippen molar-refractivity contribution in [3.05, 3.63) is 54.3 Å². The van der Waals surface area contributed by atoms with E-state index in [4.69, 9.17) is 9.47 Å². The van der Waals surface area contributed by atoms with Gasteiger partial charge in [0.25, 0.3) is 5.91 Å². The van der Waals surface area contributed by atoms with Crippen LogP contribution in [-0.2, 0) is 19.1 Å². The van der Waals surface area contributed by atoms with E-state index in [-0.39, 0.29) is 12.3 Å². The maximum Gasteiger partial charge on any atom is 0.350 e. The first kappa shape index (κ1) is 21.3. The molecule has 1 N–H and O–H groups in total. The SMILES string of the molecule is C[C@H]1CC(=O)Nc2ccccc2N1C(=O)COC(=O)C(C)(C)Oc1ccc(F)cc1. The van der Waals surface area contributed by atoms with Gasteiger partial charge in [0, 0.05) is 12.5 Å². The van der Waals surface area contributed by atoms with Crippen LogP contribution in [0.15, 0.2) is 48.5 Å². The predicted octanol–water partition coefficient (Wildman–Crippen LogP) is 3.29. The Balaban J connectivity index is 1.69. The standard InChI is InChI=1S/C22H23FN2O5/c1-14-12-19(26)24-17-6-4-5-7-18(17)25(14)20(27)13-29-21(28)22(2,3)30-16-10-8-15(23)9-11-16/h4-11,14H,12-13H2,1-3H3,(H,24,26)/t14-/m0/s1. The van der Waals surface area contributed by atoms with Gasteiger partial charge in [0.1, 0.15) is 11.6 Å². The number of nitrogens with zero attached hydrogens (tertiary/aromatic N) is 1. The lowest BCUT2D eigenvalue weighted by Gasteiger charge is -2.29. The number of benzene rings is 2. The van der Waals surface area contributed by atoms with Gasteiger partial charge in [0.2, 0.25) is 5.91 Å². The molecule has 0 spiro atoms. The van der Waals surface area contributed by atoms with Crippen LogP contribution in [0, 0.1) is 5.82 Å². The van der Waals surface area contributed by atoms with E-state index in [1.807, 2.05) is 0 Å². The normalized spacial score (nSPS) is 16.2. The van der Waals surface area contributed by atoms with Crippen LogP contribution >= 0.6 is 0 Å². The molecule has 30 heavy (non-hydrogen) atoms. The van der Waals surface area contributed by atoms with Crippen molar-refractivity contribution in [2.24, 2.45) is 0 Å². The molecule has 0 saturated heterocycles. The monoisotopic (exact) mass is 414 g/mol. The summed E-state index contributed by atoms with van der Waals surface area (Å²) in [6.07, 6.45) is 0.119. The van der Waals surface area contributed by atoms with Crippen molar-refractivity contribution in [1.29, 1.82) is 0 Å². The molecular weight excluding hydrogens is 391 g/mol. The summed E-state index contributed by atoms with van der Waals surface area (Å²) in [6, 6.07) is 11.8. The first-order valence-corrected chi connectivity index (χ1v) is 9.50. The molecule has 0 fully saturated rings. The number of hydrogen-bond acceptors (Lipinski definition) is 5. The van der Waals surface area contributed by atoms with Crippen molar-refractivity contribution in [3.8, 4) is 5.75 Å². The third kappa shape index (κ3) is 4.76. The molecular formula is C22H23FN2O5. The molecule has 0 saturated carbocycles. The quantitative estimate of drug-likeness (QED) is 0.759. The van der Waals surface area contributed by atoms with Gasteiger partial charge in [-0.2, -0.15) is 0 Å². The number of rotatable bonds is 5. The summed E-state index contributed by atoms with van der Waals surface area (Å²) in [7, 11) is 0. The number of anilines is 2. The van der Waals surface area contributed by atoms with Crippen LogP contribution in [0.25, 0.3) is 0 Å². The van der Waals surface area contributed by atoms with E-state index in [1.165, 1.54) is 43.0 Å². The molecule has 2 amide bonds. The van der Waals surface area contributed by atoms with Crippen molar-refractivity contribution < 1.29 is 28.2 Å². The number of nitrogens with one attached hydrogen (secondary N) is 1. The van der Waals surface area contributed by atoms with Gasteiger partial charge < -0.3 is 19.7 Å². The lowest BCUT2D eigenvalue weighted by molar-refractivity contribution is -0.161. The molecule has 1 atom stereocenters. The maximum atomic E-state index is 13.0. The molecule has 3 rings (SSSR count). The van der Waals surface area contributed by atoms with Crippen LogP contribution in [0.5, 0.6) is 5.75 Å². The number of esters is 1. The second kappa shape index (κ2) is 8.52. The van der Waals surface area contributed by atoms with Gasteiger partial charge >= 0.3 is 5.97 Å². The molecule has 0 radical (unpaired) electrons. The van der Waals surface area contributed by atoms with Crippen molar-refractivity contribution in [3.63, 3.8) is 0 Å². The average molecular weight is 414 g/mol. The minimum absolute atomic E-state index is 0.119. The highest BCUT2D eigenvalue weighted by atomic mass is 19.1. The summed E-state index contributed by atoms with van der Waals surface area (Å²) in [4.78, 5) is 38.9. The van der Waals surface area contributed by atoms with Gasteiger partial charge in [-0.15, -0.1) is 0 Å². The summed E-state index contributed by atoms with van der Waals surface area (Å²) in [5.41, 5.74) is -0.331. The Kier molecular flexibility index (Phi) is 6.05. The Labute approximate surface area is 173 Å². The Hall–Kier alpha value is -3.42. The third-order valence-electron chi connectivity index (χ3n) is 4.63. The number of carbonyl (C=O) groups excluding carboxylic acids is 3. The molecule has 2 aromatic rings. The first-order valence-electron chi connectivity index (χ1n) is 9.50. The molecule has 0 unspecified atom stereocenters. The van der Waals surface area contributed by atoms with Gasteiger partial charge in [0.05, 0.1) is 11.4 Å². The van der Waals surface area contributed by atoms with Crippen molar-refractivity contribution in [1.82, 2.24) is 0 Å². The molecule has 1 heterocycles. The Bertz CT molecular complexity index is 958. The number of ether oxygens (including phenoxy) is 2. The molecule has 7 nitrogen and oxygen atoms in total. The number of fused-ring (bicyclic) bond motifs is 1. The maximum absolute atomic E-state index is 13.0. The number of hydrogen-bond donors (Lipinski definition) is 1. The van der Waals surface area contributed by atoms with E-state index in [2.05, 4.69) is 5.32 Å². The van der Waals surface area contributed by atoms with E-state index in [9.17, 15) is 18.8 Å². The van der Waals surface area contributed by atoms with E-state index in [0.29, 0.717) is 17.1 Å². The number of halogens is 1. The number of carbonyl (C=O) groups is 3. The molecule has 1 aliphatic heterocycles. The molecule has 0 bridgehead atoms. The fraction of sp³-hybridized carbons (Fsp3) is 0.318. The van der Waals surface area contributed by atoms with Crippen LogP contribution < -0.4 is 15.0 Å². The highest BCUT2D eigenvalue weighted by molar-refractivity contribution is 6.05. The summed E-state index contributed by atoms with van der Waals surface area (Å²) >= 11 is 0. The lowest BCUT2D eigenvalue weighted by atomic mass is 10.1. The molecule has 0 aliphatic carbocycles. The predicted molar refractivity (Wildman–Crippen MR) is 109 cm³/mol. The average Bonchev–Trinajstić information content (AvgIpc) is 2.81. The smallest absolute Gasteiger partial charge is 0.350 e. The van der Waals surface area contributed by atoms with Crippen molar-refractivity contribution in [2.45, 2.75) is 38.8 Å². The minimum Gasteiger partial charge on any atom is -0.476 e. The largest absolute Gasteiger partial charge is 0.476 e. The van der Waals surface area contributed by atoms with Gasteiger partial charge in [-0.1, -0.05) is 12.1 Å². The fourth-order valence-electron chi connectivity index (χ4n) is 3.18. The molecule has 2 aromatic carbocycles. The highest BCUT2D eigenvalue weighted by Gasteiger charge is 2.34. The second-order valence-corrected chi connectivity index (χ2v) is 7.52. The van der Waals surface area contributed by atoms with Crippen LogP contribution in [-0.4, -0.2) is 36.0 Å². The zero-order chi connectivity index (χ0) is 21.9. The van der Waals surface area contributed by atoms with E-state index in [1.54, 1.807) is 31.2 Å². The summed E-state index contributed by atoms with van der Waals surface area (Å²) in [5, 5.41) is 2.77. The zero-order valence-electron chi connectivity index (χ0n) is 17.0. The van der Waals surface area contributed by atoms with Crippen molar-refractivity contribution in [2.75, 3.05) is 16.8 Å². The van der Waals surface area contributed by atoms with E-state index < -0.39 is 35.9 Å². The summed E-state index contributed by atoms with van der Waals surface area (Å²) in [6.45, 7) is 4.23. The highest BCUT2D eigenvalue weighted by Crippen LogP contribution is 2.31. The van der Waals surface area contributed by atoms with Crippen molar-refractivity contribution >= 4 is 29.2 Å². The van der Waals surface area contributed by atoms with Crippen LogP contribution in [0.1, 0.15) is 27.2 Å². The Morgan fingerprint density at radius 1 is 1.17 bits per heavy atom. The van der Waals surface area contributed by atoms with Gasteiger partial charge in [-0.05, 0) is 57.2 Å². The first-order chi connectivity index (χ1) is 14.2. The van der Waals surface area contributed by atoms with Crippen LogP contribution in [0.3, 0.4) is 0 Å². The molecule has 0 aromatic heterocycles. The minimum atomic E-state index is -1.39. The number of amides is 2. The third-order valence-corrected chi connectivity index (χ3v) is 4.63. The lowest BCUT2D eigenvalue weighted by Crippen LogP contribution is -2.44. The summed E-state index contributed by atoms with van der Waals surface area (Å²) in [5.74, 6) is -1.53. The van der Waals surface area contributed by atoms with Gasteiger partial charge in [0.15, 0.2) is 12.2 Å². The molecule has 158 valence electrons. The number of para-hydroxylation sites is 2. The Morgan fingerprint density at radius 3 is 2.53 bits per heavy atom. The van der Waals surface area contributed by atoms with E-state index in [0.717, 1.165) is 0 Å². The van der Waals surface area contributed by atoms with Gasteiger partial charge in [-0.3, -0.25) is 9.59 Å². The van der Waals surface area contributed by atoms with Crippen LogP contribution in [0.2, 0.25) is 0 Å². The second-order valence-electron chi connectivity index (χ2n) is 7.52. The fourth-order valence-corrected chi connectivity index (χ4v) is 3.18. The van der Waals surface area contributed by atoms with Gasteiger partial charge in [-0.25, -0.2) is 9.18 Å². The molecule has 1 aliphatic rings. The Morgan fingerprint density at radius 2 is 1.83 bits per heavy atom. The molecule has 8 heteroatoms.